The Kier molecular flexibility index (Phi) is 91.2. The van der Waals surface area contributed by atoms with E-state index < -0.39 is 5.20 Å². The zero-order valence-corrected chi connectivity index (χ0v) is 55.9. The Labute approximate surface area is 489 Å². The molecule has 0 aromatic carbocycles. The molecule has 1 amide bonds. The van der Waals surface area contributed by atoms with Gasteiger partial charge in [-0.3, -0.25) is 9.36 Å². The van der Waals surface area contributed by atoms with Gasteiger partial charge in [-0.1, -0.05) is 48.3 Å². The molecule has 0 saturated heterocycles. The van der Waals surface area contributed by atoms with Crippen LogP contribution in [0.15, 0.2) is 107 Å². The molecule has 0 atom stereocenters. The van der Waals surface area contributed by atoms with Crippen LogP contribution < -0.4 is 0 Å². The minimum atomic E-state index is -3.22. The van der Waals surface area contributed by atoms with Gasteiger partial charge >= 0.3 is 360 Å². The molecule has 0 fully saturated rings. The van der Waals surface area contributed by atoms with Crippen LogP contribution in [0.4, 0.5) is 0 Å². The number of aryl methyl sites for hydroxylation is 2. The monoisotopic (exact) mass is 1600 g/mol. The van der Waals surface area contributed by atoms with Gasteiger partial charge in [-0.25, -0.2) is 0 Å². The zero-order chi connectivity index (χ0) is 44.9. The third-order valence-electron chi connectivity index (χ3n) is 4.28. The number of alkyl halides is 1. The number of halogens is 4. The molecule has 354 valence electrons. The Morgan fingerprint density at radius 1 is 0.730 bits per heavy atom. The van der Waals surface area contributed by atoms with Gasteiger partial charge in [0.1, 0.15) is 0 Å². The van der Waals surface area contributed by atoms with Crippen LogP contribution in [0.1, 0.15) is 64.1 Å². The molecule has 6 heterocycles. The van der Waals surface area contributed by atoms with Crippen molar-refractivity contribution in [1.82, 2.24) is 4.90 Å². The Balaban J connectivity index is -0.0000000735. The molecule has 6 aromatic rings. The van der Waals surface area contributed by atoms with Gasteiger partial charge in [0, 0.05) is 14.1 Å². The van der Waals surface area contributed by atoms with Gasteiger partial charge in [-0.05, 0) is 46.2 Å². The molecule has 6 rings (SSSR count). The fourth-order valence-corrected chi connectivity index (χ4v) is 11.7. The second kappa shape index (κ2) is 67.0. The standard InChI is InChI=1S/C6H5NSe2.C5H5BrSe.C5H4OSe.2C5H6Se.C4H4Se.C3H7NO.C2H6S2.CHNSe.5CH4.Cl3OP.K/c7-5-8-4-6-2-1-3-9-6;2*6-4-5-2-1-3-7-5;2*1-5-3-2-4-6-5;1-2-4-5-3-1;1-4(2)3-5;1-4(2)3;2-1-3;;;;;;1-5(2,3)4;/h1-3H,4H2;1-3H,4H2;1-4H;2*2-4H,1H3;1-4H;3H,1-2H3;1-2H3;3H;5*1H4;;/q;;;;;;;;;;;;;;;+1/p-1. The third-order valence-corrected chi connectivity index (χ3v) is 19.8. The summed E-state index contributed by atoms with van der Waals surface area (Å²) >= 11 is 26.6. The molecule has 0 spiro atoms. The number of amides is 1. The predicted molar refractivity (Wildman–Crippen MR) is 305 cm³/mol. The van der Waals surface area contributed by atoms with Crippen molar-refractivity contribution in [3.8, 4) is 9.94 Å². The number of rotatable bonds is 5. The normalized spacial score (nSPS) is 7.92. The molecule has 6 aromatic heterocycles. The van der Waals surface area contributed by atoms with Crippen LogP contribution in [-0.4, -0.2) is 197 Å². The summed E-state index contributed by atoms with van der Waals surface area (Å²) in [6.07, 6.45) is 5.69. The van der Waals surface area contributed by atoms with Crippen molar-refractivity contribution in [2.75, 3.05) is 26.6 Å². The van der Waals surface area contributed by atoms with Gasteiger partial charge in [0.05, 0.1) is 0 Å². The first-order valence-electron chi connectivity index (χ1n) is 15.6. The summed E-state index contributed by atoms with van der Waals surface area (Å²) in [6, 6.07) is 25.0. The first kappa shape index (κ1) is 85.8. The van der Waals surface area contributed by atoms with E-state index in [0.717, 1.165) is 73.2 Å². The van der Waals surface area contributed by atoms with Gasteiger partial charge in [0.25, 0.3) is 0 Å². The summed E-state index contributed by atoms with van der Waals surface area (Å²) < 4.78 is 16.5. The molecule has 0 bridgehead atoms. The van der Waals surface area contributed by atoms with Crippen molar-refractivity contribution in [3.05, 3.63) is 130 Å². The molecule has 0 aliphatic carbocycles. The molecule has 0 saturated carbocycles. The topological polar surface area (TPSA) is 102 Å². The minimum absolute atomic E-state index is 0. The second-order valence-electron chi connectivity index (χ2n) is 9.55. The molecular weight excluding hydrogens is 1530 g/mol. The summed E-state index contributed by atoms with van der Waals surface area (Å²) in [5.74, 6) is 0. The van der Waals surface area contributed by atoms with Crippen LogP contribution in [0.25, 0.3) is 0 Å². The van der Waals surface area contributed by atoms with Gasteiger partial charge in [-0.15, -0.1) is 9.45 Å². The van der Waals surface area contributed by atoms with Crippen LogP contribution in [0.5, 0.6) is 0 Å². The molecule has 0 unspecified atom stereocenters. The van der Waals surface area contributed by atoms with Crippen molar-refractivity contribution in [2.24, 2.45) is 0 Å². The fourth-order valence-electron chi connectivity index (χ4n) is 2.19. The first-order valence-corrected chi connectivity index (χ1v) is 46.5. The van der Waals surface area contributed by atoms with Crippen LogP contribution in [-0.2, 0) is 40.7 Å². The number of nitrogens with zero attached hydrogens (tertiary/aromatic N) is 3. The fraction of sp³-hybridized carbons (Fsp3) is 0.317. The number of carbonyl (C=O) groups is 2. The van der Waals surface area contributed by atoms with Gasteiger partial charge in [0.15, 0.2) is 0 Å². The summed E-state index contributed by atoms with van der Waals surface area (Å²) in [5, 5.41) is 14.8. The van der Waals surface area contributed by atoms with Crippen LogP contribution in [0.2, 0.25) is 0 Å². The van der Waals surface area contributed by atoms with E-state index in [9.17, 15) is 14.2 Å². The molecule has 0 N–H and O–H groups in total. The predicted octanol–water partition coefficient (Wildman–Crippen LogP) is 10.7. The summed E-state index contributed by atoms with van der Waals surface area (Å²) in [7, 11) is 3.60. The van der Waals surface area contributed by atoms with Crippen molar-refractivity contribution in [1.29, 1.82) is 10.5 Å². The molecule has 0 aliphatic rings. The van der Waals surface area contributed by atoms with E-state index in [1.54, 1.807) is 14.1 Å². The number of carbonyl (C=O) groups excluding carboxylic acids is 2. The number of hydrogen-bond donors (Lipinski definition) is 0. The number of nitriles is 2. The summed E-state index contributed by atoms with van der Waals surface area (Å²) in [5.41, 5.74) is 0.410. The van der Waals surface area contributed by atoms with E-state index in [2.05, 4.69) is 175 Å². The van der Waals surface area contributed by atoms with Gasteiger partial charge < -0.3 is 4.90 Å². The Bertz CT molecular complexity index is 1770. The molecule has 63 heavy (non-hydrogen) atoms. The van der Waals surface area contributed by atoms with E-state index in [1.807, 2.05) is 29.6 Å². The first-order chi connectivity index (χ1) is 27.5. The van der Waals surface area contributed by atoms with Crippen LogP contribution in [0, 0.1) is 34.3 Å². The average Bonchev–Trinajstić information content (AvgIpc) is 4.03. The van der Waals surface area contributed by atoms with Crippen molar-refractivity contribution in [2.45, 2.75) is 61.6 Å². The zero-order valence-electron chi connectivity index (χ0n) is 32.6. The van der Waals surface area contributed by atoms with Crippen LogP contribution >= 0.6 is 54.9 Å². The summed E-state index contributed by atoms with van der Waals surface area (Å²) in [6.45, 7) is 4.33. The summed E-state index contributed by atoms with van der Waals surface area (Å²) in [4.78, 5) is 40.3. The maximum atomic E-state index is 9.91. The van der Waals surface area contributed by atoms with E-state index in [0.29, 0.717) is 92.6 Å². The average molecular weight is 1600 g/mol. The Hall–Kier alpha value is 2.94. The quantitative estimate of drug-likeness (QED) is 0.0738. The van der Waals surface area contributed by atoms with E-state index in [4.69, 9.17) is 10.5 Å². The molecule has 0 radical (unpaired) electrons. The van der Waals surface area contributed by atoms with E-state index in [1.165, 1.54) is 22.6 Å². The van der Waals surface area contributed by atoms with E-state index >= 15 is 0 Å². The molecule has 0 aliphatic heterocycles. The second-order valence-corrected chi connectivity index (χ2v) is 39.3. The van der Waals surface area contributed by atoms with Crippen LogP contribution in [0.3, 0.4) is 0 Å². The SMILES string of the molecule is BrCc1ccc[se]1.C.C.C.C.C.CN(C)C=O.CS(C)=S.Cc1ccc[se]1.Cc1ccc[se]1.N#C[Se]Cc1ccc[se]1.N#C[Se][K].O=Cc1ccc[se]1.O=P(Cl)(Cl)Cl.c1cc[se]c1. The third kappa shape index (κ3) is 88.4. The van der Waals surface area contributed by atoms with Crippen molar-refractivity contribution < 1.29 is 14.2 Å². The molecular formula is C41H63BrCl3KN3O3PS2Se8. The van der Waals surface area contributed by atoms with Gasteiger partial charge in [0.2, 0.25) is 6.41 Å². The van der Waals surface area contributed by atoms with Crippen molar-refractivity contribution in [3.63, 3.8) is 0 Å². The number of aldehydes is 1. The molecule has 6 nitrogen and oxygen atoms in total. The van der Waals surface area contributed by atoms with Crippen molar-refractivity contribution >= 4 is 241 Å². The van der Waals surface area contributed by atoms with E-state index in [-0.39, 0.29) is 61.5 Å². The van der Waals surface area contributed by atoms with Gasteiger partial charge in [-0.2, -0.15) is 0 Å². The Morgan fingerprint density at radius 2 is 1.08 bits per heavy atom. The Morgan fingerprint density at radius 3 is 1.24 bits per heavy atom. The maximum absolute atomic E-state index is 9.91. The number of hydrogen-bond acceptors (Lipinski definition) is 6. The molecule has 22 heteroatoms.